The number of para-hydroxylation sites is 2. The van der Waals surface area contributed by atoms with Crippen molar-refractivity contribution in [3.05, 3.63) is 66.5 Å². The fraction of sp³-hybridized carbons (Fsp3) is 0.444. The second-order valence-electron chi connectivity index (χ2n) is 8.41. The predicted molar refractivity (Wildman–Crippen MR) is 132 cm³/mol. The van der Waals surface area contributed by atoms with E-state index >= 15 is 0 Å². The Labute approximate surface area is 196 Å². The number of methoxy groups -OCH3 is 1. The van der Waals surface area contributed by atoms with E-state index < -0.39 is 0 Å². The summed E-state index contributed by atoms with van der Waals surface area (Å²) in [5, 5.41) is 0. The highest BCUT2D eigenvalue weighted by atomic mass is 16.5. The standard InChI is InChI=1S/C27H35N3O3/c1-3-8-22-12-13-25(26(21-22)31-2)33-18-7-15-30-24-10-5-4-9-23(24)28-27(30)11-6-14-29-16-19-32-20-17-29/h3-5,9-10,12-13,21H,1,6-8,11,14-20H2,2H3. The number of morpholine rings is 1. The lowest BCUT2D eigenvalue weighted by Gasteiger charge is -2.26. The number of rotatable bonds is 12. The molecule has 1 aliphatic rings. The lowest BCUT2D eigenvalue weighted by molar-refractivity contribution is 0.0374. The van der Waals surface area contributed by atoms with Gasteiger partial charge in [0, 0.05) is 26.1 Å². The summed E-state index contributed by atoms with van der Waals surface area (Å²) < 4.78 is 19.4. The van der Waals surface area contributed by atoms with Gasteiger partial charge in [-0.15, -0.1) is 6.58 Å². The maximum absolute atomic E-state index is 6.07. The van der Waals surface area contributed by atoms with E-state index in [0.717, 1.165) is 87.9 Å². The van der Waals surface area contributed by atoms with Crippen molar-refractivity contribution in [2.45, 2.75) is 32.2 Å². The molecule has 4 rings (SSSR count). The molecule has 2 aromatic carbocycles. The molecule has 176 valence electrons. The summed E-state index contributed by atoms with van der Waals surface area (Å²) in [6.07, 6.45) is 5.69. The van der Waals surface area contributed by atoms with Crippen molar-refractivity contribution in [3.8, 4) is 11.5 Å². The minimum atomic E-state index is 0.622. The van der Waals surface area contributed by atoms with Crippen molar-refractivity contribution in [1.29, 1.82) is 0 Å². The second-order valence-corrected chi connectivity index (χ2v) is 8.41. The molecule has 0 aliphatic carbocycles. The topological polar surface area (TPSA) is 48.8 Å². The highest BCUT2D eigenvalue weighted by molar-refractivity contribution is 5.75. The lowest BCUT2D eigenvalue weighted by atomic mass is 10.1. The molecule has 1 saturated heterocycles. The maximum Gasteiger partial charge on any atom is 0.161 e. The second kappa shape index (κ2) is 11.9. The van der Waals surface area contributed by atoms with Crippen LogP contribution in [0.1, 0.15) is 24.2 Å². The van der Waals surface area contributed by atoms with Crippen LogP contribution in [0, 0.1) is 0 Å². The number of hydrogen-bond donors (Lipinski definition) is 0. The molecule has 0 saturated carbocycles. The summed E-state index contributed by atoms with van der Waals surface area (Å²) in [5.74, 6) is 2.72. The van der Waals surface area contributed by atoms with Crippen molar-refractivity contribution in [3.63, 3.8) is 0 Å². The minimum absolute atomic E-state index is 0.622. The molecule has 0 spiro atoms. The predicted octanol–water partition coefficient (Wildman–Crippen LogP) is 4.51. The number of aryl methyl sites for hydroxylation is 2. The van der Waals surface area contributed by atoms with Crippen LogP contribution in [-0.4, -0.2) is 61.0 Å². The Morgan fingerprint density at radius 2 is 1.91 bits per heavy atom. The average molecular weight is 450 g/mol. The smallest absolute Gasteiger partial charge is 0.161 e. The molecule has 3 aromatic rings. The van der Waals surface area contributed by atoms with Crippen molar-refractivity contribution in [1.82, 2.24) is 14.5 Å². The van der Waals surface area contributed by atoms with Gasteiger partial charge in [-0.05, 0) is 55.6 Å². The van der Waals surface area contributed by atoms with Crippen molar-refractivity contribution >= 4 is 11.0 Å². The molecule has 0 atom stereocenters. The molecule has 0 N–H and O–H groups in total. The van der Waals surface area contributed by atoms with Crippen LogP contribution in [0.5, 0.6) is 11.5 Å². The quantitative estimate of drug-likeness (QED) is 0.301. The molecule has 1 fully saturated rings. The minimum Gasteiger partial charge on any atom is -0.493 e. The fourth-order valence-corrected chi connectivity index (χ4v) is 4.38. The van der Waals surface area contributed by atoms with Crippen LogP contribution < -0.4 is 9.47 Å². The van der Waals surface area contributed by atoms with E-state index in [0.29, 0.717) is 6.61 Å². The van der Waals surface area contributed by atoms with Crippen LogP contribution in [0.4, 0.5) is 0 Å². The number of nitrogens with zero attached hydrogens (tertiary/aromatic N) is 3. The number of allylic oxidation sites excluding steroid dienone is 1. The van der Waals surface area contributed by atoms with E-state index in [1.165, 1.54) is 11.1 Å². The summed E-state index contributed by atoms with van der Waals surface area (Å²) in [4.78, 5) is 7.42. The molecule has 6 nitrogen and oxygen atoms in total. The number of ether oxygens (including phenoxy) is 3. The first kappa shape index (κ1) is 23.3. The molecular weight excluding hydrogens is 414 g/mol. The fourth-order valence-electron chi connectivity index (χ4n) is 4.38. The van der Waals surface area contributed by atoms with Crippen LogP contribution in [-0.2, 0) is 24.1 Å². The van der Waals surface area contributed by atoms with E-state index in [-0.39, 0.29) is 0 Å². The maximum atomic E-state index is 6.07. The lowest BCUT2D eigenvalue weighted by Crippen LogP contribution is -2.37. The Kier molecular flexibility index (Phi) is 8.39. The van der Waals surface area contributed by atoms with Crippen LogP contribution in [0.15, 0.2) is 55.1 Å². The molecule has 0 amide bonds. The van der Waals surface area contributed by atoms with Gasteiger partial charge in [0.25, 0.3) is 0 Å². The molecule has 2 heterocycles. The van der Waals surface area contributed by atoms with Gasteiger partial charge in [-0.1, -0.05) is 24.3 Å². The number of benzene rings is 2. The Morgan fingerprint density at radius 3 is 2.73 bits per heavy atom. The van der Waals surface area contributed by atoms with E-state index in [9.17, 15) is 0 Å². The van der Waals surface area contributed by atoms with Gasteiger partial charge in [0.15, 0.2) is 11.5 Å². The van der Waals surface area contributed by atoms with Gasteiger partial charge in [-0.25, -0.2) is 4.98 Å². The largest absolute Gasteiger partial charge is 0.493 e. The molecule has 6 heteroatoms. The molecular formula is C27H35N3O3. The zero-order valence-electron chi connectivity index (χ0n) is 19.7. The summed E-state index contributed by atoms with van der Waals surface area (Å²) in [5.41, 5.74) is 3.44. The van der Waals surface area contributed by atoms with Crippen LogP contribution in [0.3, 0.4) is 0 Å². The number of aromatic nitrogens is 2. The van der Waals surface area contributed by atoms with Crippen molar-refractivity contribution < 1.29 is 14.2 Å². The molecule has 0 unspecified atom stereocenters. The van der Waals surface area contributed by atoms with Crippen molar-refractivity contribution in [2.75, 3.05) is 46.6 Å². The third-order valence-electron chi connectivity index (χ3n) is 6.10. The highest BCUT2D eigenvalue weighted by Crippen LogP contribution is 2.28. The Morgan fingerprint density at radius 1 is 1.06 bits per heavy atom. The molecule has 0 bridgehead atoms. The van der Waals surface area contributed by atoms with Crippen molar-refractivity contribution in [2.24, 2.45) is 0 Å². The van der Waals surface area contributed by atoms with Gasteiger partial charge in [0.1, 0.15) is 5.82 Å². The van der Waals surface area contributed by atoms with E-state index in [2.05, 4.69) is 46.4 Å². The Hall–Kier alpha value is -2.83. The zero-order valence-corrected chi connectivity index (χ0v) is 19.7. The normalized spacial score (nSPS) is 14.5. The van der Waals surface area contributed by atoms with Crippen LogP contribution >= 0.6 is 0 Å². The molecule has 1 aliphatic heterocycles. The highest BCUT2D eigenvalue weighted by Gasteiger charge is 2.13. The summed E-state index contributed by atoms with van der Waals surface area (Å²) >= 11 is 0. The first-order valence-corrected chi connectivity index (χ1v) is 11.9. The van der Waals surface area contributed by atoms with E-state index in [1.807, 2.05) is 18.2 Å². The summed E-state index contributed by atoms with van der Waals surface area (Å²) in [6, 6.07) is 14.5. The van der Waals surface area contributed by atoms with Gasteiger partial charge in [0.05, 0.1) is 38.0 Å². The van der Waals surface area contributed by atoms with Gasteiger partial charge < -0.3 is 18.8 Å². The van der Waals surface area contributed by atoms with Crippen LogP contribution in [0.25, 0.3) is 11.0 Å². The first-order valence-electron chi connectivity index (χ1n) is 11.9. The number of fused-ring (bicyclic) bond motifs is 1. The Balaban J connectivity index is 1.35. The van der Waals surface area contributed by atoms with Gasteiger partial charge in [-0.2, -0.15) is 0 Å². The van der Waals surface area contributed by atoms with Gasteiger partial charge in [0.2, 0.25) is 0 Å². The summed E-state index contributed by atoms with van der Waals surface area (Å²) in [6.45, 7) is 10.2. The van der Waals surface area contributed by atoms with E-state index in [1.54, 1.807) is 7.11 Å². The van der Waals surface area contributed by atoms with E-state index in [4.69, 9.17) is 19.2 Å². The Bertz CT molecular complexity index is 1040. The zero-order chi connectivity index (χ0) is 22.9. The monoisotopic (exact) mass is 449 g/mol. The molecule has 1 aromatic heterocycles. The van der Waals surface area contributed by atoms with Gasteiger partial charge >= 0.3 is 0 Å². The first-order chi connectivity index (χ1) is 16.3. The number of imidazole rings is 1. The average Bonchev–Trinajstić information content (AvgIpc) is 3.20. The number of hydrogen-bond acceptors (Lipinski definition) is 5. The molecule has 0 radical (unpaired) electrons. The third-order valence-corrected chi connectivity index (χ3v) is 6.10. The van der Waals surface area contributed by atoms with Crippen LogP contribution in [0.2, 0.25) is 0 Å². The SMILES string of the molecule is C=CCc1ccc(OCCCn2c(CCCN3CCOCC3)nc3ccccc32)c(OC)c1. The van der Waals surface area contributed by atoms with Gasteiger partial charge in [-0.3, -0.25) is 4.90 Å². The molecule has 33 heavy (non-hydrogen) atoms. The third kappa shape index (κ3) is 6.15. The summed E-state index contributed by atoms with van der Waals surface area (Å²) in [7, 11) is 1.68.